The normalized spacial score (nSPS) is 14.6. The summed E-state index contributed by atoms with van der Waals surface area (Å²) < 4.78 is 1.91. The Morgan fingerprint density at radius 2 is 2.33 bits per heavy atom. The zero-order chi connectivity index (χ0) is 13.0. The smallest absolute Gasteiger partial charge is 0.0922 e. The van der Waals surface area contributed by atoms with Gasteiger partial charge in [-0.2, -0.15) is 16.4 Å². The Morgan fingerprint density at radius 3 is 2.94 bits per heavy atom. The third kappa shape index (κ3) is 3.19. The number of hydrogen-bond acceptors (Lipinski definition) is 4. The van der Waals surface area contributed by atoms with Gasteiger partial charge in [0, 0.05) is 30.9 Å². The molecule has 5 heteroatoms. The maximum atomic E-state index is 9.98. The van der Waals surface area contributed by atoms with E-state index >= 15 is 0 Å². The van der Waals surface area contributed by atoms with Crippen LogP contribution in [0.1, 0.15) is 37.1 Å². The Kier molecular flexibility index (Phi) is 4.52. The monoisotopic (exact) mass is 265 g/mol. The standard InChI is InChI=1S/C13H19N3OS/c1-3-16-8-12(6-15-16)10(2)14-7-13(17)11-4-5-18-9-11/h4-6,8-10,13-14,17H,3,7H2,1-2H3. The van der Waals surface area contributed by atoms with Gasteiger partial charge in [-0.25, -0.2) is 0 Å². The van der Waals surface area contributed by atoms with E-state index in [9.17, 15) is 5.11 Å². The van der Waals surface area contributed by atoms with Crippen LogP contribution in [-0.4, -0.2) is 21.4 Å². The fourth-order valence-corrected chi connectivity index (χ4v) is 2.47. The fourth-order valence-electron chi connectivity index (χ4n) is 1.76. The molecule has 0 radical (unpaired) electrons. The molecule has 2 atom stereocenters. The van der Waals surface area contributed by atoms with E-state index in [1.54, 1.807) is 11.3 Å². The van der Waals surface area contributed by atoms with Crippen LogP contribution in [0.5, 0.6) is 0 Å². The van der Waals surface area contributed by atoms with Crippen molar-refractivity contribution in [1.29, 1.82) is 0 Å². The molecule has 0 amide bonds. The lowest BCUT2D eigenvalue weighted by molar-refractivity contribution is 0.171. The number of thiophene rings is 1. The van der Waals surface area contributed by atoms with Crippen LogP contribution in [0.2, 0.25) is 0 Å². The molecule has 2 unspecified atom stereocenters. The molecule has 0 aromatic carbocycles. The highest BCUT2D eigenvalue weighted by Crippen LogP contribution is 2.17. The summed E-state index contributed by atoms with van der Waals surface area (Å²) in [6.07, 6.45) is 3.46. The average molecular weight is 265 g/mol. The summed E-state index contributed by atoms with van der Waals surface area (Å²) in [5.41, 5.74) is 2.12. The molecular formula is C13H19N3OS. The number of nitrogens with one attached hydrogen (secondary N) is 1. The molecule has 2 heterocycles. The van der Waals surface area contributed by atoms with Crippen LogP contribution >= 0.6 is 11.3 Å². The first kappa shape index (κ1) is 13.3. The van der Waals surface area contributed by atoms with E-state index < -0.39 is 6.10 Å². The minimum absolute atomic E-state index is 0.193. The largest absolute Gasteiger partial charge is 0.387 e. The van der Waals surface area contributed by atoms with Gasteiger partial charge in [0.2, 0.25) is 0 Å². The van der Waals surface area contributed by atoms with Gasteiger partial charge in [-0.3, -0.25) is 4.68 Å². The zero-order valence-corrected chi connectivity index (χ0v) is 11.5. The van der Waals surface area contributed by atoms with Crippen LogP contribution in [0.15, 0.2) is 29.2 Å². The van der Waals surface area contributed by atoms with E-state index in [-0.39, 0.29) is 6.04 Å². The van der Waals surface area contributed by atoms with Crippen molar-refractivity contribution in [2.24, 2.45) is 0 Å². The topological polar surface area (TPSA) is 50.1 Å². The van der Waals surface area contributed by atoms with Gasteiger partial charge in [-0.15, -0.1) is 0 Å². The molecule has 2 aromatic rings. The van der Waals surface area contributed by atoms with Crippen LogP contribution < -0.4 is 5.32 Å². The van der Waals surface area contributed by atoms with Gasteiger partial charge in [0.05, 0.1) is 12.3 Å². The SMILES string of the molecule is CCn1cc(C(C)NCC(O)c2ccsc2)cn1. The van der Waals surface area contributed by atoms with Crippen molar-refractivity contribution in [3.8, 4) is 0 Å². The van der Waals surface area contributed by atoms with Crippen molar-refractivity contribution in [2.75, 3.05) is 6.54 Å². The molecule has 0 aliphatic carbocycles. The van der Waals surface area contributed by atoms with E-state index in [0.717, 1.165) is 17.7 Å². The molecule has 2 rings (SSSR count). The predicted molar refractivity (Wildman–Crippen MR) is 73.6 cm³/mol. The van der Waals surface area contributed by atoms with Crippen molar-refractivity contribution in [1.82, 2.24) is 15.1 Å². The molecule has 4 nitrogen and oxygen atoms in total. The first-order chi connectivity index (χ1) is 8.70. The second kappa shape index (κ2) is 6.13. The van der Waals surface area contributed by atoms with Gasteiger partial charge in [-0.1, -0.05) is 0 Å². The minimum Gasteiger partial charge on any atom is -0.387 e. The molecule has 2 N–H and O–H groups in total. The minimum atomic E-state index is -0.445. The first-order valence-corrected chi connectivity index (χ1v) is 7.11. The number of aliphatic hydroxyl groups is 1. The summed E-state index contributed by atoms with van der Waals surface area (Å²) in [6, 6.07) is 2.15. The lowest BCUT2D eigenvalue weighted by Crippen LogP contribution is -2.24. The van der Waals surface area contributed by atoms with E-state index in [2.05, 4.69) is 24.3 Å². The number of aryl methyl sites for hydroxylation is 1. The summed E-state index contributed by atoms with van der Waals surface area (Å²) in [4.78, 5) is 0. The van der Waals surface area contributed by atoms with E-state index in [0.29, 0.717) is 6.54 Å². The van der Waals surface area contributed by atoms with E-state index in [1.807, 2.05) is 33.9 Å². The van der Waals surface area contributed by atoms with Crippen molar-refractivity contribution in [3.05, 3.63) is 40.3 Å². The number of hydrogen-bond donors (Lipinski definition) is 2. The van der Waals surface area contributed by atoms with E-state index in [4.69, 9.17) is 0 Å². The zero-order valence-electron chi connectivity index (χ0n) is 10.7. The molecule has 0 saturated carbocycles. The van der Waals surface area contributed by atoms with Gasteiger partial charge in [0.1, 0.15) is 0 Å². The lowest BCUT2D eigenvalue weighted by atomic mass is 10.1. The average Bonchev–Trinajstić information content (AvgIpc) is 3.05. The Labute approximate surface area is 111 Å². The van der Waals surface area contributed by atoms with Crippen LogP contribution in [0, 0.1) is 0 Å². The van der Waals surface area contributed by atoms with Crippen LogP contribution in [0.25, 0.3) is 0 Å². The van der Waals surface area contributed by atoms with Gasteiger partial charge >= 0.3 is 0 Å². The Balaban J connectivity index is 1.86. The van der Waals surface area contributed by atoms with Crippen molar-refractivity contribution < 1.29 is 5.11 Å². The van der Waals surface area contributed by atoms with Crippen LogP contribution in [0.3, 0.4) is 0 Å². The quantitative estimate of drug-likeness (QED) is 0.843. The Bertz CT molecular complexity index is 466. The summed E-state index contributed by atoms with van der Waals surface area (Å²) in [6.45, 7) is 5.58. The van der Waals surface area contributed by atoms with E-state index in [1.165, 1.54) is 0 Å². The summed E-state index contributed by atoms with van der Waals surface area (Å²) >= 11 is 1.60. The maximum Gasteiger partial charge on any atom is 0.0922 e. The summed E-state index contributed by atoms with van der Waals surface area (Å²) in [5.74, 6) is 0. The van der Waals surface area contributed by atoms with Crippen molar-refractivity contribution in [2.45, 2.75) is 32.5 Å². The molecule has 0 aliphatic heterocycles. The number of rotatable bonds is 6. The van der Waals surface area contributed by atoms with Gasteiger partial charge in [0.15, 0.2) is 0 Å². The molecule has 98 valence electrons. The van der Waals surface area contributed by atoms with Gasteiger partial charge in [-0.05, 0) is 36.2 Å². The second-order valence-electron chi connectivity index (χ2n) is 4.33. The first-order valence-electron chi connectivity index (χ1n) is 6.16. The van der Waals surface area contributed by atoms with Gasteiger partial charge < -0.3 is 10.4 Å². The summed E-state index contributed by atoms with van der Waals surface area (Å²) in [5, 5.41) is 21.5. The highest BCUT2D eigenvalue weighted by molar-refractivity contribution is 7.07. The molecule has 0 fully saturated rings. The second-order valence-corrected chi connectivity index (χ2v) is 5.11. The van der Waals surface area contributed by atoms with Crippen LogP contribution in [0.4, 0.5) is 0 Å². The molecule has 2 aromatic heterocycles. The Morgan fingerprint density at radius 1 is 1.50 bits per heavy atom. The van der Waals surface area contributed by atoms with Crippen molar-refractivity contribution in [3.63, 3.8) is 0 Å². The van der Waals surface area contributed by atoms with Crippen molar-refractivity contribution >= 4 is 11.3 Å². The number of aromatic nitrogens is 2. The number of nitrogens with zero attached hydrogens (tertiary/aromatic N) is 2. The molecular weight excluding hydrogens is 246 g/mol. The molecule has 0 spiro atoms. The van der Waals surface area contributed by atoms with Gasteiger partial charge in [0.25, 0.3) is 0 Å². The highest BCUT2D eigenvalue weighted by atomic mass is 32.1. The third-order valence-corrected chi connectivity index (χ3v) is 3.72. The highest BCUT2D eigenvalue weighted by Gasteiger charge is 2.11. The Hall–Kier alpha value is -1.17. The molecule has 18 heavy (non-hydrogen) atoms. The predicted octanol–water partition coefficient (Wildman–Crippen LogP) is 2.35. The lowest BCUT2D eigenvalue weighted by Gasteiger charge is -2.15. The summed E-state index contributed by atoms with van der Waals surface area (Å²) in [7, 11) is 0. The number of aliphatic hydroxyl groups excluding tert-OH is 1. The third-order valence-electron chi connectivity index (χ3n) is 3.02. The molecule has 0 saturated heterocycles. The fraction of sp³-hybridized carbons (Fsp3) is 0.462. The molecule has 0 bridgehead atoms. The molecule has 0 aliphatic rings. The van der Waals surface area contributed by atoms with Crippen LogP contribution in [-0.2, 0) is 6.54 Å². The maximum absolute atomic E-state index is 9.98.